The Labute approximate surface area is 165 Å². The molecule has 1 saturated carbocycles. The molecule has 2 fully saturated rings. The van der Waals surface area contributed by atoms with Gasteiger partial charge in [-0.25, -0.2) is 0 Å². The van der Waals surface area contributed by atoms with Crippen molar-refractivity contribution in [3.8, 4) is 11.5 Å². The zero-order valence-electron chi connectivity index (χ0n) is 16.3. The van der Waals surface area contributed by atoms with Gasteiger partial charge in [-0.05, 0) is 62.6 Å². The average Bonchev–Trinajstić information content (AvgIpc) is 3.22. The van der Waals surface area contributed by atoms with Crippen LogP contribution < -0.4 is 14.8 Å². The van der Waals surface area contributed by atoms with Gasteiger partial charge >= 0.3 is 5.97 Å². The van der Waals surface area contributed by atoms with Crippen molar-refractivity contribution in [2.45, 2.75) is 44.6 Å². The number of carboxylic acid groups (broad SMARTS) is 1. The molecule has 1 atom stereocenters. The fraction of sp³-hybridized carbons (Fsp3) is 0.619. The summed E-state index contributed by atoms with van der Waals surface area (Å²) in [5.41, 5.74) is 0.423. The molecular weight excluding hydrogens is 362 g/mol. The van der Waals surface area contributed by atoms with E-state index in [1.54, 1.807) is 25.3 Å². The third kappa shape index (κ3) is 5.16. The Balaban J connectivity index is 1.61. The molecule has 1 aromatic rings. The molecule has 1 aromatic carbocycles. The standard InChI is InChI=1S/C21H29NO6/c1-26-19-12-15(6-7-18(19)28-16-4-2-3-5-16)20(23)22-13-17(21(24)25)14-8-10-27-11-9-14/h6-7,12,14,16-17H,2-5,8-11,13H2,1H3,(H,22,23)(H,24,25). The van der Waals surface area contributed by atoms with Gasteiger partial charge in [-0.2, -0.15) is 0 Å². The number of methoxy groups -OCH3 is 1. The van der Waals surface area contributed by atoms with Crippen molar-refractivity contribution in [2.75, 3.05) is 26.9 Å². The molecule has 0 spiro atoms. The monoisotopic (exact) mass is 391 g/mol. The van der Waals surface area contributed by atoms with Crippen LogP contribution in [-0.2, 0) is 9.53 Å². The lowest BCUT2D eigenvalue weighted by Crippen LogP contribution is -2.39. The van der Waals surface area contributed by atoms with E-state index in [0.29, 0.717) is 43.1 Å². The smallest absolute Gasteiger partial charge is 0.308 e. The number of benzene rings is 1. The van der Waals surface area contributed by atoms with Crippen molar-refractivity contribution in [3.63, 3.8) is 0 Å². The van der Waals surface area contributed by atoms with Crippen LogP contribution in [0.4, 0.5) is 0 Å². The van der Waals surface area contributed by atoms with Crippen LogP contribution in [0.2, 0.25) is 0 Å². The summed E-state index contributed by atoms with van der Waals surface area (Å²) in [6.07, 6.45) is 6.02. The number of carbonyl (C=O) groups is 2. The molecule has 7 nitrogen and oxygen atoms in total. The molecular formula is C21H29NO6. The number of carbonyl (C=O) groups excluding carboxylic acids is 1. The Kier molecular flexibility index (Phi) is 7.14. The fourth-order valence-electron chi connectivity index (χ4n) is 3.97. The van der Waals surface area contributed by atoms with Crippen molar-refractivity contribution < 1.29 is 28.9 Å². The number of ether oxygens (including phenoxy) is 3. The molecule has 0 radical (unpaired) electrons. The second kappa shape index (κ2) is 9.78. The van der Waals surface area contributed by atoms with E-state index in [-0.39, 0.29) is 24.5 Å². The van der Waals surface area contributed by atoms with Crippen LogP contribution in [0.5, 0.6) is 11.5 Å². The Bertz CT molecular complexity index is 679. The Morgan fingerprint density at radius 1 is 1.18 bits per heavy atom. The van der Waals surface area contributed by atoms with Gasteiger partial charge in [-0.1, -0.05) is 0 Å². The molecule has 2 aliphatic rings. The highest BCUT2D eigenvalue weighted by atomic mass is 16.5. The van der Waals surface area contributed by atoms with E-state index in [9.17, 15) is 14.7 Å². The van der Waals surface area contributed by atoms with Gasteiger partial charge in [0.15, 0.2) is 11.5 Å². The fourth-order valence-corrected chi connectivity index (χ4v) is 3.97. The zero-order chi connectivity index (χ0) is 19.9. The highest BCUT2D eigenvalue weighted by Crippen LogP contribution is 2.32. The Morgan fingerprint density at radius 2 is 1.89 bits per heavy atom. The first-order valence-electron chi connectivity index (χ1n) is 10.0. The van der Waals surface area contributed by atoms with Crippen LogP contribution in [0, 0.1) is 11.8 Å². The number of hydrogen-bond acceptors (Lipinski definition) is 5. The molecule has 1 aliphatic heterocycles. The third-order valence-electron chi connectivity index (χ3n) is 5.66. The molecule has 1 unspecified atom stereocenters. The van der Waals surface area contributed by atoms with Crippen LogP contribution in [0.25, 0.3) is 0 Å². The molecule has 1 amide bonds. The predicted octanol–water partition coefficient (Wildman–Crippen LogP) is 2.87. The van der Waals surface area contributed by atoms with E-state index in [2.05, 4.69) is 5.32 Å². The van der Waals surface area contributed by atoms with Gasteiger partial charge in [-0.3, -0.25) is 9.59 Å². The normalized spacial score (nSPS) is 19.2. The number of amides is 1. The van der Waals surface area contributed by atoms with Gasteiger partial charge < -0.3 is 24.6 Å². The first-order valence-corrected chi connectivity index (χ1v) is 10.0. The molecule has 1 heterocycles. The maximum atomic E-state index is 12.6. The van der Waals surface area contributed by atoms with E-state index in [4.69, 9.17) is 14.2 Å². The molecule has 1 saturated heterocycles. The molecule has 154 valence electrons. The first-order chi connectivity index (χ1) is 13.6. The minimum absolute atomic E-state index is 0.0169. The topological polar surface area (TPSA) is 94.1 Å². The summed E-state index contributed by atoms with van der Waals surface area (Å²) in [5.74, 6) is -0.646. The van der Waals surface area contributed by atoms with Crippen molar-refractivity contribution >= 4 is 11.9 Å². The van der Waals surface area contributed by atoms with Crippen molar-refractivity contribution in [1.29, 1.82) is 0 Å². The lowest BCUT2D eigenvalue weighted by atomic mass is 9.86. The molecule has 0 bridgehead atoms. The minimum atomic E-state index is -0.884. The van der Waals surface area contributed by atoms with Gasteiger partial charge in [0.2, 0.25) is 0 Å². The summed E-state index contributed by atoms with van der Waals surface area (Å²) in [6.45, 7) is 1.24. The summed E-state index contributed by atoms with van der Waals surface area (Å²) >= 11 is 0. The zero-order valence-corrected chi connectivity index (χ0v) is 16.3. The third-order valence-corrected chi connectivity index (χ3v) is 5.66. The SMILES string of the molecule is COc1cc(C(=O)NCC(C(=O)O)C2CCOCC2)ccc1OC1CCCC1. The molecule has 28 heavy (non-hydrogen) atoms. The quantitative estimate of drug-likeness (QED) is 0.708. The van der Waals surface area contributed by atoms with Gasteiger partial charge in [0, 0.05) is 25.3 Å². The van der Waals surface area contributed by atoms with Gasteiger partial charge in [0.05, 0.1) is 19.1 Å². The molecule has 3 rings (SSSR count). The van der Waals surface area contributed by atoms with E-state index in [1.807, 2.05) is 0 Å². The first kappa shape index (κ1) is 20.5. The van der Waals surface area contributed by atoms with Crippen LogP contribution in [-0.4, -0.2) is 50.0 Å². The predicted molar refractivity (Wildman–Crippen MR) is 103 cm³/mol. The van der Waals surface area contributed by atoms with Gasteiger partial charge in [-0.15, -0.1) is 0 Å². The maximum absolute atomic E-state index is 12.6. The minimum Gasteiger partial charge on any atom is -0.493 e. The largest absolute Gasteiger partial charge is 0.493 e. The molecule has 0 aromatic heterocycles. The molecule has 7 heteroatoms. The lowest BCUT2D eigenvalue weighted by Gasteiger charge is -2.27. The van der Waals surface area contributed by atoms with Crippen molar-refractivity contribution in [3.05, 3.63) is 23.8 Å². The van der Waals surface area contributed by atoms with Crippen LogP contribution in [0.3, 0.4) is 0 Å². The van der Waals surface area contributed by atoms with Crippen LogP contribution >= 0.6 is 0 Å². The maximum Gasteiger partial charge on any atom is 0.308 e. The van der Waals surface area contributed by atoms with Crippen LogP contribution in [0.1, 0.15) is 48.9 Å². The second-order valence-corrected chi connectivity index (χ2v) is 7.49. The molecule has 2 N–H and O–H groups in total. The molecule has 1 aliphatic carbocycles. The Hall–Kier alpha value is -2.28. The summed E-state index contributed by atoms with van der Waals surface area (Å²) in [6, 6.07) is 5.08. The highest BCUT2D eigenvalue weighted by molar-refractivity contribution is 5.95. The summed E-state index contributed by atoms with van der Waals surface area (Å²) < 4.78 is 16.7. The van der Waals surface area contributed by atoms with Gasteiger partial charge in [0.1, 0.15) is 0 Å². The number of aliphatic carboxylic acids is 1. The average molecular weight is 391 g/mol. The number of rotatable bonds is 8. The van der Waals surface area contributed by atoms with E-state index in [0.717, 1.165) is 12.8 Å². The Morgan fingerprint density at radius 3 is 2.54 bits per heavy atom. The lowest BCUT2D eigenvalue weighted by molar-refractivity contribution is -0.144. The number of hydrogen-bond donors (Lipinski definition) is 2. The van der Waals surface area contributed by atoms with E-state index in [1.165, 1.54) is 12.8 Å². The second-order valence-electron chi connectivity index (χ2n) is 7.49. The van der Waals surface area contributed by atoms with E-state index < -0.39 is 11.9 Å². The number of carboxylic acids is 1. The number of nitrogens with one attached hydrogen (secondary N) is 1. The van der Waals surface area contributed by atoms with Gasteiger partial charge in [0.25, 0.3) is 5.91 Å². The van der Waals surface area contributed by atoms with E-state index >= 15 is 0 Å². The van der Waals surface area contributed by atoms with Crippen LogP contribution in [0.15, 0.2) is 18.2 Å². The highest BCUT2D eigenvalue weighted by Gasteiger charge is 2.30. The van der Waals surface area contributed by atoms with Crippen molar-refractivity contribution in [2.24, 2.45) is 11.8 Å². The van der Waals surface area contributed by atoms with Crippen molar-refractivity contribution in [1.82, 2.24) is 5.32 Å². The summed E-state index contributed by atoms with van der Waals surface area (Å²) in [7, 11) is 1.55. The summed E-state index contributed by atoms with van der Waals surface area (Å²) in [5, 5.41) is 12.3. The summed E-state index contributed by atoms with van der Waals surface area (Å²) in [4.78, 5) is 24.2.